The van der Waals surface area contributed by atoms with E-state index in [1.807, 2.05) is 48.5 Å². The molecule has 6 N–H and O–H groups in total. The van der Waals surface area contributed by atoms with Gasteiger partial charge in [0.05, 0.1) is 0 Å². The standard InChI is InChI=1S/C18H24N4.4ClH/c19-13-4-8-15(9-5-13)21-17-2-1-3-18(12-17)22-16-10-6-14(20)7-11-16;;;;/h4-11,17-18,21-22H,1-3,12,19-20H2;4*1H. The highest BCUT2D eigenvalue weighted by atomic mass is 35.5. The lowest BCUT2D eigenvalue weighted by Gasteiger charge is -2.31. The van der Waals surface area contributed by atoms with Crippen molar-refractivity contribution in [1.29, 1.82) is 0 Å². The Morgan fingerprint density at radius 1 is 0.615 bits per heavy atom. The maximum Gasteiger partial charge on any atom is 0.0343 e. The van der Waals surface area contributed by atoms with Crippen LogP contribution in [0.25, 0.3) is 0 Å². The fraction of sp³-hybridized carbons (Fsp3) is 0.333. The fourth-order valence-corrected chi connectivity index (χ4v) is 3.08. The molecular formula is C18H28Cl4N4. The lowest BCUT2D eigenvalue weighted by Crippen LogP contribution is -2.34. The molecule has 2 aromatic carbocycles. The van der Waals surface area contributed by atoms with Crippen molar-refractivity contribution >= 4 is 72.4 Å². The van der Waals surface area contributed by atoms with E-state index in [2.05, 4.69) is 10.6 Å². The number of nitrogens with two attached hydrogens (primary N) is 2. The molecule has 2 aromatic rings. The molecule has 1 saturated carbocycles. The molecule has 0 amide bonds. The topological polar surface area (TPSA) is 76.1 Å². The molecule has 4 nitrogen and oxygen atoms in total. The highest BCUT2D eigenvalue weighted by Gasteiger charge is 2.21. The number of nitrogen functional groups attached to an aromatic ring is 2. The first-order valence-corrected chi connectivity index (χ1v) is 7.93. The zero-order chi connectivity index (χ0) is 15.4. The van der Waals surface area contributed by atoms with Crippen LogP contribution in [-0.4, -0.2) is 12.1 Å². The predicted molar refractivity (Wildman–Crippen MR) is 124 cm³/mol. The Morgan fingerprint density at radius 2 is 0.962 bits per heavy atom. The Kier molecular flexibility index (Phi) is 13.6. The molecule has 0 radical (unpaired) electrons. The lowest BCUT2D eigenvalue weighted by molar-refractivity contribution is 0.428. The van der Waals surface area contributed by atoms with Crippen LogP contribution in [-0.2, 0) is 0 Å². The number of nitrogens with one attached hydrogen (secondary N) is 2. The van der Waals surface area contributed by atoms with Crippen molar-refractivity contribution < 1.29 is 0 Å². The van der Waals surface area contributed by atoms with E-state index in [4.69, 9.17) is 11.5 Å². The van der Waals surface area contributed by atoms with Gasteiger partial charge in [0.2, 0.25) is 0 Å². The Morgan fingerprint density at radius 3 is 1.31 bits per heavy atom. The van der Waals surface area contributed by atoms with Gasteiger partial charge in [-0.1, -0.05) is 0 Å². The van der Waals surface area contributed by atoms with Crippen LogP contribution in [0.1, 0.15) is 25.7 Å². The summed E-state index contributed by atoms with van der Waals surface area (Å²) in [5, 5.41) is 7.23. The van der Waals surface area contributed by atoms with Gasteiger partial charge in [-0.05, 0) is 74.2 Å². The first kappa shape index (κ1) is 27.0. The molecule has 148 valence electrons. The summed E-state index contributed by atoms with van der Waals surface area (Å²) in [6, 6.07) is 17.0. The van der Waals surface area contributed by atoms with Gasteiger partial charge < -0.3 is 22.1 Å². The Hall–Kier alpha value is -1.20. The number of halogens is 4. The third-order valence-corrected chi connectivity index (χ3v) is 4.24. The van der Waals surface area contributed by atoms with E-state index in [1.54, 1.807) is 0 Å². The van der Waals surface area contributed by atoms with Crippen molar-refractivity contribution in [3.63, 3.8) is 0 Å². The van der Waals surface area contributed by atoms with Crippen molar-refractivity contribution in [2.45, 2.75) is 37.8 Å². The molecule has 26 heavy (non-hydrogen) atoms. The zero-order valence-electron chi connectivity index (χ0n) is 14.4. The van der Waals surface area contributed by atoms with Crippen LogP contribution < -0.4 is 22.1 Å². The first-order valence-electron chi connectivity index (χ1n) is 7.93. The first-order chi connectivity index (χ1) is 10.7. The third kappa shape index (κ3) is 8.00. The van der Waals surface area contributed by atoms with Crippen molar-refractivity contribution in [2.24, 2.45) is 0 Å². The van der Waals surface area contributed by atoms with Crippen LogP contribution in [0, 0.1) is 0 Å². The van der Waals surface area contributed by atoms with Crippen LogP contribution in [0.3, 0.4) is 0 Å². The quantitative estimate of drug-likeness (QED) is 0.480. The van der Waals surface area contributed by atoms with Crippen LogP contribution in [0.15, 0.2) is 48.5 Å². The Bertz CT molecular complexity index is 554. The average Bonchev–Trinajstić information content (AvgIpc) is 2.52. The van der Waals surface area contributed by atoms with Crippen molar-refractivity contribution in [1.82, 2.24) is 0 Å². The van der Waals surface area contributed by atoms with Gasteiger partial charge in [-0.3, -0.25) is 0 Å². The Balaban J connectivity index is 0. The van der Waals surface area contributed by atoms with E-state index in [0.29, 0.717) is 12.1 Å². The highest BCUT2D eigenvalue weighted by molar-refractivity contribution is 5.86. The summed E-state index contributed by atoms with van der Waals surface area (Å²) in [7, 11) is 0. The SMILES string of the molecule is Cl.Cl.Cl.Cl.Nc1ccc(NC2CCCC(Nc3ccc(N)cc3)C2)cc1. The molecule has 1 fully saturated rings. The maximum atomic E-state index is 5.73. The molecule has 8 heteroatoms. The van der Waals surface area contributed by atoms with Gasteiger partial charge in [0.25, 0.3) is 0 Å². The van der Waals surface area contributed by atoms with Gasteiger partial charge >= 0.3 is 0 Å². The monoisotopic (exact) mass is 440 g/mol. The van der Waals surface area contributed by atoms with E-state index >= 15 is 0 Å². The van der Waals surface area contributed by atoms with E-state index in [9.17, 15) is 0 Å². The number of hydrogen-bond donors (Lipinski definition) is 4. The molecular weight excluding hydrogens is 414 g/mol. The number of anilines is 4. The number of benzene rings is 2. The molecule has 0 heterocycles. The fourth-order valence-electron chi connectivity index (χ4n) is 3.08. The summed E-state index contributed by atoms with van der Waals surface area (Å²) in [6.45, 7) is 0. The minimum Gasteiger partial charge on any atom is -0.399 e. The summed E-state index contributed by atoms with van der Waals surface area (Å²) in [4.78, 5) is 0. The van der Waals surface area contributed by atoms with Gasteiger partial charge in [0.1, 0.15) is 0 Å². The van der Waals surface area contributed by atoms with Gasteiger partial charge in [0.15, 0.2) is 0 Å². The summed E-state index contributed by atoms with van der Waals surface area (Å²) in [5.74, 6) is 0. The van der Waals surface area contributed by atoms with Crippen LogP contribution >= 0.6 is 49.6 Å². The molecule has 2 atom stereocenters. The van der Waals surface area contributed by atoms with Crippen molar-refractivity contribution in [2.75, 3.05) is 22.1 Å². The zero-order valence-corrected chi connectivity index (χ0v) is 17.7. The molecule has 1 aliphatic carbocycles. The van der Waals surface area contributed by atoms with Crippen LogP contribution in [0.4, 0.5) is 22.7 Å². The molecule has 0 aliphatic heterocycles. The second-order valence-electron chi connectivity index (χ2n) is 6.09. The molecule has 0 bridgehead atoms. The average molecular weight is 442 g/mol. The van der Waals surface area contributed by atoms with Gasteiger partial charge in [-0.2, -0.15) is 0 Å². The van der Waals surface area contributed by atoms with E-state index < -0.39 is 0 Å². The molecule has 1 aliphatic rings. The highest BCUT2D eigenvalue weighted by Crippen LogP contribution is 2.25. The summed E-state index contributed by atoms with van der Waals surface area (Å²) >= 11 is 0. The molecule has 0 saturated heterocycles. The molecule has 3 rings (SSSR count). The Labute approximate surface area is 180 Å². The second kappa shape index (κ2) is 13.0. The summed E-state index contributed by atoms with van der Waals surface area (Å²) < 4.78 is 0. The van der Waals surface area contributed by atoms with Crippen LogP contribution in [0.5, 0.6) is 0 Å². The van der Waals surface area contributed by atoms with Crippen LogP contribution in [0.2, 0.25) is 0 Å². The second-order valence-corrected chi connectivity index (χ2v) is 6.09. The summed E-state index contributed by atoms with van der Waals surface area (Å²) in [5.41, 5.74) is 15.4. The molecule has 0 aromatic heterocycles. The molecule has 2 unspecified atom stereocenters. The molecule has 0 spiro atoms. The summed E-state index contributed by atoms with van der Waals surface area (Å²) in [6.07, 6.45) is 4.78. The predicted octanol–water partition coefficient (Wildman–Crippen LogP) is 5.37. The van der Waals surface area contributed by atoms with E-state index in [1.165, 1.54) is 19.3 Å². The smallest absolute Gasteiger partial charge is 0.0343 e. The largest absolute Gasteiger partial charge is 0.399 e. The van der Waals surface area contributed by atoms with Crippen molar-refractivity contribution in [3.05, 3.63) is 48.5 Å². The third-order valence-electron chi connectivity index (χ3n) is 4.24. The minimum atomic E-state index is 0. The van der Waals surface area contributed by atoms with E-state index in [-0.39, 0.29) is 49.6 Å². The number of rotatable bonds is 4. The van der Waals surface area contributed by atoms with Crippen molar-refractivity contribution in [3.8, 4) is 0 Å². The number of hydrogen-bond acceptors (Lipinski definition) is 4. The van der Waals surface area contributed by atoms with Gasteiger partial charge in [-0.25, -0.2) is 0 Å². The minimum absolute atomic E-state index is 0. The van der Waals surface area contributed by atoms with E-state index in [0.717, 1.165) is 29.2 Å². The maximum absolute atomic E-state index is 5.73. The van der Waals surface area contributed by atoms with Gasteiger partial charge in [-0.15, -0.1) is 49.6 Å². The normalized spacial score (nSPS) is 18.0. The lowest BCUT2D eigenvalue weighted by atomic mass is 9.90. The van der Waals surface area contributed by atoms with Gasteiger partial charge in [0, 0.05) is 34.8 Å².